The van der Waals surface area contributed by atoms with Gasteiger partial charge in [0.2, 0.25) is 0 Å². The molecule has 0 atom stereocenters. The molecule has 0 bridgehead atoms. The number of benzene rings is 1. The monoisotopic (exact) mass is 182 g/mol. The minimum Gasteiger partial charge on any atom is -0.493 e. The molecule has 0 unspecified atom stereocenters. The third-order valence-corrected chi connectivity index (χ3v) is 2.70. The zero-order valence-electron chi connectivity index (χ0n) is 7.97. The molecule has 0 aliphatic carbocycles. The molecule has 0 saturated heterocycles. The molecule has 0 aromatic heterocycles. The van der Waals surface area contributed by atoms with Gasteiger partial charge < -0.3 is 9.47 Å². The van der Waals surface area contributed by atoms with E-state index < -0.39 is 0 Å². The normalized spacial score (nSPS) is 9.92. The van der Waals surface area contributed by atoms with Crippen LogP contribution in [0.2, 0.25) is 0 Å². The van der Waals surface area contributed by atoms with Crippen molar-refractivity contribution >= 4 is 15.4 Å². The van der Waals surface area contributed by atoms with Crippen LogP contribution in [0.25, 0.3) is 0 Å². The average Bonchev–Trinajstić information content (AvgIpc) is 2.08. The van der Waals surface area contributed by atoms with Crippen molar-refractivity contribution in [1.82, 2.24) is 0 Å². The minimum atomic E-state index is 0.866. The van der Waals surface area contributed by atoms with Crippen molar-refractivity contribution in [3.05, 3.63) is 17.7 Å². The van der Waals surface area contributed by atoms with E-state index in [1.165, 1.54) is 5.19 Å². The largest absolute Gasteiger partial charge is 0.493 e. The SMILES string of the molecule is COc1c(C)ccc([SiH3])c1OC. The second-order valence-corrected chi connectivity index (χ2v) is 3.84. The number of methoxy groups -OCH3 is 2. The Labute approximate surface area is 75.9 Å². The Bertz CT molecular complexity index is 255. The molecule has 0 spiro atoms. The van der Waals surface area contributed by atoms with Gasteiger partial charge in [-0.15, -0.1) is 0 Å². The van der Waals surface area contributed by atoms with Gasteiger partial charge in [0.15, 0.2) is 11.5 Å². The zero-order chi connectivity index (χ0) is 9.14. The highest BCUT2D eigenvalue weighted by Gasteiger charge is 2.08. The van der Waals surface area contributed by atoms with E-state index in [-0.39, 0.29) is 0 Å². The predicted molar refractivity (Wildman–Crippen MR) is 53.9 cm³/mol. The van der Waals surface area contributed by atoms with E-state index in [2.05, 4.69) is 12.1 Å². The van der Waals surface area contributed by atoms with Crippen LogP contribution in [0.3, 0.4) is 0 Å². The lowest BCUT2D eigenvalue weighted by Crippen LogP contribution is -2.09. The van der Waals surface area contributed by atoms with Gasteiger partial charge in [-0.1, -0.05) is 12.1 Å². The summed E-state index contributed by atoms with van der Waals surface area (Å²) in [6.45, 7) is 2.02. The highest BCUT2D eigenvalue weighted by atomic mass is 28.1. The Morgan fingerprint density at radius 3 is 2.08 bits per heavy atom. The van der Waals surface area contributed by atoms with Gasteiger partial charge in [-0.05, 0) is 17.7 Å². The molecule has 0 aliphatic rings. The summed E-state index contributed by atoms with van der Waals surface area (Å²) >= 11 is 0. The van der Waals surface area contributed by atoms with Crippen LogP contribution in [0.4, 0.5) is 0 Å². The fraction of sp³-hybridized carbons (Fsp3) is 0.333. The van der Waals surface area contributed by atoms with Gasteiger partial charge in [-0.2, -0.15) is 0 Å². The molecule has 0 aliphatic heterocycles. The Morgan fingerprint density at radius 1 is 1.08 bits per heavy atom. The third-order valence-electron chi connectivity index (χ3n) is 1.91. The lowest BCUT2D eigenvalue weighted by atomic mass is 10.2. The van der Waals surface area contributed by atoms with Crippen molar-refractivity contribution in [2.75, 3.05) is 14.2 Å². The van der Waals surface area contributed by atoms with Gasteiger partial charge in [0.25, 0.3) is 0 Å². The van der Waals surface area contributed by atoms with Crippen molar-refractivity contribution in [2.45, 2.75) is 6.92 Å². The van der Waals surface area contributed by atoms with Crippen LogP contribution in [0.15, 0.2) is 12.1 Å². The van der Waals surface area contributed by atoms with Gasteiger partial charge >= 0.3 is 0 Å². The van der Waals surface area contributed by atoms with Crippen LogP contribution in [0.1, 0.15) is 5.56 Å². The summed E-state index contributed by atoms with van der Waals surface area (Å²) < 4.78 is 10.5. The van der Waals surface area contributed by atoms with E-state index in [4.69, 9.17) is 9.47 Å². The van der Waals surface area contributed by atoms with Crippen molar-refractivity contribution in [3.8, 4) is 11.5 Å². The number of aryl methyl sites for hydroxylation is 1. The fourth-order valence-corrected chi connectivity index (χ4v) is 1.86. The van der Waals surface area contributed by atoms with E-state index in [0.29, 0.717) is 0 Å². The van der Waals surface area contributed by atoms with Crippen LogP contribution >= 0.6 is 0 Å². The molecule has 0 amide bonds. The first-order chi connectivity index (χ1) is 5.70. The summed E-state index contributed by atoms with van der Waals surface area (Å²) in [6, 6.07) is 4.15. The molecule has 1 aromatic carbocycles. The molecule has 0 heterocycles. The molecular formula is C9H14O2Si. The maximum absolute atomic E-state index is 5.26. The Kier molecular flexibility index (Phi) is 2.76. The topological polar surface area (TPSA) is 18.5 Å². The van der Waals surface area contributed by atoms with Gasteiger partial charge in [0.05, 0.1) is 14.2 Å². The fourth-order valence-electron chi connectivity index (χ4n) is 1.27. The molecule has 3 heteroatoms. The Balaban J connectivity index is 3.28. The summed E-state index contributed by atoms with van der Waals surface area (Å²) in [6.07, 6.45) is 0. The molecule has 0 saturated carbocycles. The second kappa shape index (κ2) is 3.63. The summed E-state index contributed by atoms with van der Waals surface area (Å²) in [5, 5.41) is 1.24. The second-order valence-electron chi connectivity index (χ2n) is 2.77. The molecule has 0 radical (unpaired) electrons. The van der Waals surface area contributed by atoms with Gasteiger partial charge in [-0.3, -0.25) is 0 Å². The molecule has 1 rings (SSSR count). The van der Waals surface area contributed by atoms with Gasteiger partial charge in [0.1, 0.15) is 0 Å². The summed E-state index contributed by atoms with van der Waals surface area (Å²) in [5.74, 6) is 1.76. The highest BCUT2D eigenvalue weighted by molar-refractivity contribution is 6.34. The van der Waals surface area contributed by atoms with Crippen LogP contribution in [-0.4, -0.2) is 24.5 Å². The summed E-state index contributed by atoms with van der Waals surface area (Å²) in [4.78, 5) is 0. The minimum absolute atomic E-state index is 0.866. The standard InChI is InChI=1S/C9H14O2Si/c1-6-4-5-7(12)9(11-3)8(6)10-2/h4-5H,1-3,12H3. The lowest BCUT2D eigenvalue weighted by Gasteiger charge is -2.12. The number of ether oxygens (including phenoxy) is 2. The van der Waals surface area contributed by atoms with E-state index in [9.17, 15) is 0 Å². The summed E-state index contributed by atoms with van der Waals surface area (Å²) in [5.41, 5.74) is 1.12. The van der Waals surface area contributed by atoms with E-state index in [1.54, 1.807) is 14.2 Å². The molecule has 1 aromatic rings. The van der Waals surface area contributed by atoms with Gasteiger partial charge in [0, 0.05) is 10.2 Å². The van der Waals surface area contributed by atoms with Crippen LogP contribution in [0, 0.1) is 6.92 Å². The van der Waals surface area contributed by atoms with E-state index in [0.717, 1.165) is 27.3 Å². The molecular weight excluding hydrogens is 168 g/mol. The lowest BCUT2D eigenvalue weighted by molar-refractivity contribution is 0.355. The van der Waals surface area contributed by atoms with Crippen molar-refractivity contribution < 1.29 is 9.47 Å². The van der Waals surface area contributed by atoms with E-state index >= 15 is 0 Å². The smallest absolute Gasteiger partial charge is 0.163 e. The van der Waals surface area contributed by atoms with Crippen LogP contribution < -0.4 is 14.7 Å². The number of hydrogen-bond acceptors (Lipinski definition) is 2. The van der Waals surface area contributed by atoms with Crippen molar-refractivity contribution in [2.24, 2.45) is 0 Å². The zero-order valence-corrected chi connectivity index (χ0v) is 9.97. The predicted octanol–water partition coefficient (Wildman–Crippen LogP) is 0.00292. The molecule has 0 fully saturated rings. The van der Waals surface area contributed by atoms with Crippen LogP contribution in [0.5, 0.6) is 11.5 Å². The summed E-state index contributed by atoms with van der Waals surface area (Å²) in [7, 11) is 4.33. The van der Waals surface area contributed by atoms with Crippen molar-refractivity contribution in [1.29, 1.82) is 0 Å². The van der Waals surface area contributed by atoms with E-state index in [1.807, 2.05) is 6.92 Å². The third kappa shape index (κ3) is 1.45. The number of rotatable bonds is 2. The molecule has 2 nitrogen and oxygen atoms in total. The average molecular weight is 182 g/mol. The molecule has 12 heavy (non-hydrogen) atoms. The number of hydrogen-bond donors (Lipinski definition) is 0. The Morgan fingerprint density at radius 2 is 1.67 bits per heavy atom. The molecule has 66 valence electrons. The maximum atomic E-state index is 5.26. The Hall–Kier alpha value is -0.963. The maximum Gasteiger partial charge on any atom is 0.163 e. The highest BCUT2D eigenvalue weighted by Crippen LogP contribution is 2.27. The molecule has 0 N–H and O–H groups in total. The quantitative estimate of drug-likeness (QED) is 0.600. The van der Waals surface area contributed by atoms with Gasteiger partial charge in [-0.25, -0.2) is 0 Å². The van der Waals surface area contributed by atoms with Crippen molar-refractivity contribution in [3.63, 3.8) is 0 Å². The van der Waals surface area contributed by atoms with Crippen LogP contribution in [-0.2, 0) is 0 Å². The first-order valence-electron chi connectivity index (χ1n) is 3.89. The first-order valence-corrected chi connectivity index (χ1v) is 4.89. The first kappa shape index (κ1) is 9.13.